The molecule has 0 aliphatic heterocycles. The highest BCUT2D eigenvalue weighted by Crippen LogP contribution is 1.92. The fourth-order valence-corrected chi connectivity index (χ4v) is 1.24. The molecule has 1 aromatic rings. The van der Waals surface area contributed by atoms with Crippen LogP contribution in [-0.4, -0.2) is 22.7 Å². The number of nitrogens with zero attached hydrogens (tertiary/aromatic N) is 2. The van der Waals surface area contributed by atoms with E-state index in [0.29, 0.717) is 0 Å². The smallest absolute Gasteiger partial charge is 0.318 e. The molecule has 0 aliphatic carbocycles. The third-order valence-corrected chi connectivity index (χ3v) is 1.92. The van der Waals surface area contributed by atoms with Gasteiger partial charge in [-0.25, -0.2) is 4.79 Å². The number of aryl methyl sites for hydroxylation is 2. The normalized spacial score (nSPS) is 10.6. The fraction of sp³-hybridized carbons (Fsp3) is 0.625. The number of hydrogen-bond donors (Lipinski definition) is 1. The van der Waals surface area contributed by atoms with E-state index in [9.17, 15) is 4.79 Å². The number of nitrogens with one attached hydrogen (secondary N) is 1. The quantitative estimate of drug-likeness (QED) is 0.675. The summed E-state index contributed by atoms with van der Waals surface area (Å²) in [6.07, 6.45) is 1.85. The number of hydrogen-bond acceptors (Lipinski definition) is 2. The number of imidazole rings is 1. The molecule has 12 heavy (non-hydrogen) atoms. The predicted octanol–water partition coefficient (Wildman–Crippen LogP) is -0.285. The lowest BCUT2D eigenvalue weighted by atomic mass is 10.5. The standard InChI is InChI=1S/C8H15N3O/c1-7-6-10(3)8(12)11(7)5-4-9-2/h6,9H,4-5H2,1-3H3. The summed E-state index contributed by atoms with van der Waals surface area (Å²) in [6.45, 7) is 3.50. The van der Waals surface area contributed by atoms with Crippen LogP contribution in [0.5, 0.6) is 0 Å². The molecule has 1 heterocycles. The van der Waals surface area contributed by atoms with Crippen molar-refractivity contribution in [2.24, 2.45) is 7.05 Å². The summed E-state index contributed by atoms with van der Waals surface area (Å²) in [6, 6.07) is 0. The monoisotopic (exact) mass is 169 g/mol. The maximum Gasteiger partial charge on any atom is 0.328 e. The van der Waals surface area contributed by atoms with E-state index in [1.165, 1.54) is 0 Å². The highest BCUT2D eigenvalue weighted by Gasteiger charge is 2.02. The first-order valence-electron chi connectivity index (χ1n) is 4.04. The molecule has 68 valence electrons. The lowest BCUT2D eigenvalue weighted by molar-refractivity contribution is 0.604. The van der Waals surface area contributed by atoms with Gasteiger partial charge in [0.15, 0.2) is 0 Å². The summed E-state index contributed by atoms with van der Waals surface area (Å²) in [4.78, 5) is 11.4. The van der Waals surface area contributed by atoms with Gasteiger partial charge in [0.1, 0.15) is 0 Å². The molecule has 1 aromatic heterocycles. The zero-order valence-corrected chi connectivity index (χ0v) is 7.79. The minimum atomic E-state index is 0.0581. The molecule has 0 radical (unpaired) electrons. The minimum Gasteiger partial charge on any atom is -0.318 e. The van der Waals surface area contributed by atoms with Crippen molar-refractivity contribution >= 4 is 0 Å². The second-order valence-electron chi connectivity index (χ2n) is 2.92. The van der Waals surface area contributed by atoms with Crippen LogP contribution in [-0.2, 0) is 13.6 Å². The van der Waals surface area contributed by atoms with Crippen LogP contribution in [0.3, 0.4) is 0 Å². The van der Waals surface area contributed by atoms with E-state index in [-0.39, 0.29) is 5.69 Å². The summed E-state index contributed by atoms with van der Waals surface area (Å²) in [5, 5.41) is 3.01. The van der Waals surface area contributed by atoms with Crippen LogP contribution in [0.25, 0.3) is 0 Å². The van der Waals surface area contributed by atoms with Crippen molar-refractivity contribution in [3.05, 3.63) is 22.4 Å². The molecule has 0 unspecified atom stereocenters. The van der Waals surface area contributed by atoms with Gasteiger partial charge in [0.25, 0.3) is 0 Å². The van der Waals surface area contributed by atoms with Gasteiger partial charge in [-0.1, -0.05) is 0 Å². The van der Waals surface area contributed by atoms with Crippen molar-refractivity contribution in [3.8, 4) is 0 Å². The summed E-state index contributed by atoms with van der Waals surface area (Å²) < 4.78 is 3.36. The molecule has 1 rings (SSSR count). The van der Waals surface area contributed by atoms with Crippen molar-refractivity contribution in [2.75, 3.05) is 13.6 Å². The topological polar surface area (TPSA) is 39.0 Å². The summed E-state index contributed by atoms with van der Waals surface area (Å²) >= 11 is 0. The minimum absolute atomic E-state index is 0.0581. The molecule has 0 fully saturated rings. The van der Waals surface area contributed by atoms with Gasteiger partial charge in [0.05, 0.1) is 0 Å². The number of rotatable bonds is 3. The summed E-state index contributed by atoms with van der Waals surface area (Å²) in [7, 11) is 3.65. The summed E-state index contributed by atoms with van der Waals surface area (Å²) in [5.41, 5.74) is 1.07. The zero-order valence-electron chi connectivity index (χ0n) is 7.79. The molecule has 0 amide bonds. The van der Waals surface area contributed by atoms with Crippen molar-refractivity contribution < 1.29 is 0 Å². The molecular weight excluding hydrogens is 154 g/mol. The Kier molecular flexibility index (Phi) is 2.70. The second kappa shape index (κ2) is 3.58. The molecule has 0 spiro atoms. The second-order valence-corrected chi connectivity index (χ2v) is 2.92. The Bertz CT molecular complexity index is 311. The van der Waals surface area contributed by atoms with Crippen LogP contribution in [0.1, 0.15) is 5.69 Å². The van der Waals surface area contributed by atoms with Gasteiger partial charge in [0, 0.05) is 32.0 Å². The number of aromatic nitrogens is 2. The molecule has 4 nitrogen and oxygen atoms in total. The Morgan fingerprint density at radius 1 is 1.58 bits per heavy atom. The van der Waals surface area contributed by atoms with Gasteiger partial charge >= 0.3 is 5.69 Å². The number of likely N-dealkylation sites (N-methyl/N-ethyl adjacent to an activating group) is 1. The van der Waals surface area contributed by atoms with Crippen molar-refractivity contribution in [3.63, 3.8) is 0 Å². The van der Waals surface area contributed by atoms with Crippen LogP contribution in [0.4, 0.5) is 0 Å². The van der Waals surface area contributed by atoms with Crippen LogP contribution in [0, 0.1) is 6.92 Å². The zero-order chi connectivity index (χ0) is 9.14. The Morgan fingerprint density at radius 3 is 2.67 bits per heavy atom. The highest BCUT2D eigenvalue weighted by molar-refractivity contribution is 4.96. The average molecular weight is 169 g/mol. The maximum absolute atomic E-state index is 11.4. The van der Waals surface area contributed by atoms with Crippen LogP contribution in [0.2, 0.25) is 0 Å². The molecule has 0 bridgehead atoms. The van der Waals surface area contributed by atoms with E-state index in [4.69, 9.17) is 0 Å². The first kappa shape index (κ1) is 9.06. The summed E-state index contributed by atoms with van der Waals surface area (Å²) in [5.74, 6) is 0. The van der Waals surface area contributed by atoms with Gasteiger partial charge < -0.3 is 9.88 Å². The third kappa shape index (κ3) is 1.58. The molecule has 0 saturated carbocycles. The molecule has 4 heteroatoms. The highest BCUT2D eigenvalue weighted by atomic mass is 16.1. The van der Waals surface area contributed by atoms with E-state index >= 15 is 0 Å². The van der Waals surface area contributed by atoms with Gasteiger partial charge in [-0.15, -0.1) is 0 Å². The molecule has 0 saturated heterocycles. The van der Waals surface area contributed by atoms with Crippen molar-refractivity contribution in [1.82, 2.24) is 14.5 Å². The van der Waals surface area contributed by atoms with Crippen LogP contribution < -0.4 is 11.0 Å². The van der Waals surface area contributed by atoms with E-state index in [1.807, 2.05) is 20.2 Å². The van der Waals surface area contributed by atoms with Crippen LogP contribution in [0.15, 0.2) is 11.0 Å². The van der Waals surface area contributed by atoms with E-state index in [0.717, 1.165) is 18.8 Å². The molecule has 1 N–H and O–H groups in total. The maximum atomic E-state index is 11.4. The van der Waals surface area contributed by atoms with E-state index in [2.05, 4.69) is 5.32 Å². The Balaban J connectivity index is 2.90. The van der Waals surface area contributed by atoms with Gasteiger partial charge in [-0.2, -0.15) is 0 Å². The lowest BCUT2D eigenvalue weighted by Gasteiger charge is -2.01. The largest absolute Gasteiger partial charge is 0.328 e. The molecule has 0 aromatic carbocycles. The third-order valence-electron chi connectivity index (χ3n) is 1.92. The Morgan fingerprint density at radius 2 is 2.25 bits per heavy atom. The van der Waals surface area contributed by atoms with Crippen molar-refractivity contribution in [1.29, 1.82) is 0 Å². The predicted molar refractivity (Wildman–Crippen MR) is 48.3 cm³/mol. The average Bonchev–Trinajstić information content (AvgIpc) is 2.25. The van der Waals surface area contributed by atoms with Gasteiger partial charge in [-0.05, 0) is 14.0 Å². The lowest BCUT2D eigenvalue weighted by Crippen LogP contribution is -2.27. The molecule has 0 aliphatic rings. The molecular formula is C8H15N3O. The SMILES string of the molecule is CNCCn1c(C)cn(C)c1=O. The molecule has 0 atom stereocenters. The van der Waals surface area contributed by atoms with E-state index < -0.39 is 0 Å². The fourth-order valence-electron chi connectivity index (χ4n) is 1.24. The van der Waals surface area contributed by atoms with E-state index in [1.54, 1.807) is 16.2 Å². The van der Waals surface area contributed by atoms with Crippen molar-refractivity contribution in [2.45, 2.75) is 13.5 Å². The Labute approximate surface area is 71.8 Å². The Hall–Kier alpha value is -1.03. The van der Waals surface area contributed by atoms with Crippen LogP contribution >= 0.6 is 0 Å². The van der Waals surface area contributed by atoms with Gasteiger partial charge in [0.2, 0.25) is 0 Å². The first-order valence-corrected chi connectivity index (χ1v) is 4.04. The van der Waals surface area contributed by atoms with Gasteiger partial charge in [-0.3, -0.25) is 4.57 Å². The first-order chi connectivity index (χ1) is 5.66.